The molecule has 0 bridgehead atoms. The molecule has 0 unspecified atom stereocenters. The van der Waals surface area contributed by atoms with Crippen molar-refractivity contribution in [1.82, 2.24) is 9.13 Å². The molecule has 6 heterocycles. The second-order valence-electron chi connectivity index (χ2n) is 32.0. The zero-order valence-electron chi connectivity index (χ0n) is 88.1. The quantitative estimate of drug-likeness (QED) is 0.127. The van der Waals surface area contributed by atoms with E-state index in [1.54, 1.807) is 30.3 Å². The third kappa shape index (κ3) is 11.3. The van der Waals surface area contributed by atoms with Gasteiger partial charge in [0.15, 0.2) is 0 Å². The first kappa shape index (κ1) is 47.4. The van der Waals surface area contributed by atoms with Crippen LogP contribution in [0.5, 0.6) is 0 Å². The Bertz CT molecular complexity index is 8300. The molecule has 15 aromatic carbocycles. The third-order valence-corrected chi connectivity index (χ3v) is 26.6. The molecule has 19 aromatic rings. The number of benzene rings is 15. The van der Waals surface area contributed by atoms with E-state index in [1.807, 2.05) is 143 Å². The first-order chi connectivity index (χ1) is 65.4. The van der Waals surface area contributed by atoms with E-state index in [0.29, 0.717) is 88.1 Å². The van der Waals surface area contributed by atoms with Crippen LogP contribution in [0.15, 0.2) is 339 Å². The molecule has 0 saturated heterocycles. The van der Waals surface area contributed by atoms with Crippen molar-refractivity contribution in [2.45, 2.75) is 78.6 Å². The van der Waals surface area contributed by atoms with E-state index in [1.165, 1.54) is 9.13 Å². The van der Waals surface area contributed by atoms with Crippen LogP contribution in [-0.4, -0.2) is 44.9 Å². The molecule has 0 atom stereocenters. The topological polar surface area (TPSA) is 16.3 Å². The zero-order valence-corrected chi connectivity index (χ0v) is 66.5. The van der Waals surface area contributed by atoms with Gasteiger partial charge in [0.05, 0.1) is 0 Å². The second kappa shape index (κ2) is 26.4. The van der Waals surface area contributed by atoms with E-state index in [2.05, 4.69) is 86.6 Å². The summed E-state index contributed by atoms with van der Waals surface area (Å²) in [6, 6.07) is 44.9. The van der Waals surface area contributed by atoms with Crippen molar-refractivity contribution < 1.29 is 34.3 Å². The van der Waals surface area contributed by atoms with E-state index in [-0.39, 0.29) is 108 Å². The van der Waals surface area contributed by atoms with E-state index in [9.17, 15) is 30.2 Å². The molecule has 0 aliphatic carbocycles. The third-order valence-electron chi connectivity index (χ3n) is 22.0. The van der Waals surface area contributed by atoms with Gasteiger partial charge in [-0.25, -0.2) is 0 Å². The van der Waals surface area contributed by atoms with Crippen LogP contribution in [0.1, 0.15) is 113 Å². The van der Waals surface area contributed by atoms with Gasteiger partial charge >= 0.3 is 713 Å². The molecule has 4 nitrogen and oxygen atoms in total. The first-order valence-electron chi connectivity index (χ1n) is 50.1. The second-order valence-corrected chi connectivity index (χ2v) is 36.2. The van der Waals surface area contributed by atoms with Crippen LogP contribution in [0, 0.1) is 0 Å². The molecule has 542 valence electrons. The van der Waals surface area contributed by atoms with Gasteiger partial charge in [0.2, 0.25) is 0 Å². The molecule has 21 rings (SSSR count). The van der Waals surface area contributed by atoms with Gasteiger partial charge in [-0.15, -0.1) is 0 Å². The summed E-state index contributed by atoms with van der Waals surface area (Å²) in [5.74, 6) is 0. The fraction of sp³-hybridized carbons (Fsp3) is 0.113. The van der Waals surface area contributed by atoms with Gasteiger partial charge in [-0.05, 0) is 0 Å². The van der Waals surface area contributed by atoms with Crippen molar-refractivity contribution in [3.8, 4) is 78.1 Å². The average Bonchev–Trinajstić information content (AvgIpc) is 1.28. The molecule has 2 aliphatic rings. The Kier molecular flexibility index (Phi) is 11.1. The van der Waals surface area contributed by atoms with Crippen LogP contribution in [0.3, 0.4) is 0 Å². The zero-order chi connectivity index (χ0) is 98.1. The molecule has 0 radical (unpaired) electrons. The van der Waals surface area contributed by atoms with Crippen molar-refractivity contribution in [1.29, 1.82) is 0 Å². The summed E-state index contributed by atoms with van der Waals surface area (Å²) in [6.45, 7) is 17.2. The first-order valence-corrected chi connectivity index (χ1v) is 41.1. The molecular formula is C106H83BN4Se2. The Morgan fingerprint density at radius 3 is 1.12 bits per heavy atom. The Balaban J connectivity index is 1.01. The number of hydrogen-bond acceptors (Lipinski definition) is 2. The van der Waals surface area contributed by atoms with Crippen LogP contribution in [0.4, 0.5) is 34.1 Å². The van der Waals surface area contributed by atoms with Gasteiger partial charge in [0, 0.05) is 0 Å². The monoisotopic (exact) mass is 1610 g/mol. The number of hydrogen-bond donors (Lipinski definition) is 0. The predicted molar refractivity (Wildman–Crippen MR) is 487 cm³/mol. The summed E-state index contributed by atoms with van der Waals surface area (Å²) in [5.41, 5.74) is 5.33. The van der Waals surface area contributed by atoms with E-state index in [0.717, 1.165) is 11.1 Å². The Hall–Kier alpha value is -11.9. The van der Waals surface area contributed by atoms with E-state index in [4.69, 9.17) is 4.11 Å². The van der Waals surface area contributed by atoms with Crippen LogP contribution in [-0.2, 0) is 16.2 Å². The maximum atomic E-state index is 12.1. The normalized spacial score (nSPS) is 16.0. The fourth-order valence-electron chi connectivity index (χ4n) is 16.4. The molecule has 7 heteroatoms. The number of rotatable bonds is 10. The Labute approximate surface area is 708 Å². The van der Waals surface area contributed by atoms with Gasteiger partial charge in [-0.3, -0.25) is 0 Å². The summed E-state index contributed by atoms with van der Waals surface area (Å²) < 4.78 is 257. The molecule has 113 heavy (non-hydrogen) atoms. The van der Waals surface area contributed by atoms with Crippen molar-refractivity contribution >= 4 is 147 Å². The Morgan fingerprint density at radius 2 is 0.681 bits per heavy atom. The van der Waals surface area contributed by atoms with Crippen LogP contribution >= 0.6 is 0 Å². The molecule has 0 amide bonds. The van der Waals surface area contributed by atoms with Crippen LogP contribution < -0.4 is 26.2 Å². The molecule has 2 aliphatic heterocycles. The van der Waals surface area contributed by atoms with Gasteiger partial charge in [-0.1, -0.05) is 0 Å². The van der Waals surface area contributed by atoms with Crippen molar-refractivity contribution in [2.75, 3.05) is 9.80 Å². The van der Waals surface area contributed by atoms with E-state index >= 15 is 0 Å². The number of anilines is 6. The van der Waals surface area contributed by atoms with Gasteiger partial charge in [0.25, 0.3) is 0 Å². The predicted octanol–water partition coefficient (Wildman–Crippen LogP) is 26.3. The number of aromatic nitrogens is 2. The summed E-state index contributed by atoms with van der Waals surface area (Å²) in [5, 5.41) is -0.433. The van der Waals surface area contributed by atoms with Crippen LogP contribution in [0.2, 0.25) is 0 Å². The minimum atomic E-state index is -1.62. The molecule has 0 saturated carbocycles. The fourth-order valence-corrected chi connectivity index (χ4v) is 21.2. The average molecular weight is 1610 g/mol. The van der Waals surface area contributed by atoms with Crippen molar-refractivity contribution in [3.05, 3.63) is 356 Å². The SMILES string of the molecule is [2H]c1c([2H])c([2H])c(-c2c([2H])c([2H])c3[se]c4c(c3c2[2H])c2c([2H])c([2H])c([2H])c([2H])c2n4-c2c([2H])c([2H])c3c(c2[2H])N(c2c(-c4ccccc4)cc(C(C)(C)C)cc2-c2ccccc2)c2cc(C(C)(C)C)cc4c2B3c2c([2H])c([2H])c(-n3c5[se]c6c([2H])c(-c7ccccc7)c([2H])c([2H])c6c5c5c([2H])c([2H])c([2H])c([2H])c53)c([2H])c2N4c2c(-c3ccccc3)cc(C(C)(C)C)cc2-c2ccccc2)c([2H])c1[2H]. The molecule has 0 fully saturated rings. The summed E-state index contributed by atoms with van der Waals surface area (Å²) >= 11 is -2.59. The summed E-state index contributed by atoms with van der Waals surface area (Å²) in [6.07, 6.45) is 0. The minimum absolute atomic E-state index is 0.0211. The van der Waals surface area contributed by atoms with E-state index < -0.39 is 202 Å². The maximum absolute atomic E-state index is 12.1. The molecule has 0 N–H and O–H groups in total. The molecule has 4 aromatic heterocycles. The number of para-hydroxylation sites is 2. The van der Waals surface area contributed by atoms with Gasteiger partial charge in [-0.2, -0.15) is 0 Å². The summed E-state index contributed by atoms with van der Waals surface area (Å²) in [7, 11) is 0. The van der Waals surface area contributed by atoms with Crippen molar-refractivity contribution in [3.63, 3.8) is 0 Å². The number of fused-ring (bicyclic) bond motifs is 14. The van der Waals surface area contributed by atoms with Crippen molar-refractivity contribution in [2.24, 2.45) is 0 Å². The van der Waals surface area contributed by atoms with Gasteiger partial charge in [0.1, 0.15) is 0 Å². The van der Waals surface area contributed by atoms with Gasteiger partial charge < -0.3 is 0 Å². The number of nitrogens with zero attached hydrogens (tertiary/aromatic N) is 4. The Morgan fingerprint density at radius 1 is 0.301 bits per heavy atom. The molecular weight excluding hydrogens is 1500 g/mol. The molecule has 0 spiro atoms. The van der Waals surface area contributed by atoms with Crippen LogP contribution in [0.25, 0.3) is 139 Å². The standard InChI is InChI=1S/C106H83BN4Se2/c1-104(2,3)74-58-82(68-36-20-12-21-37-68)100(83(59-74)69-38-22-13-23-39-69)110-91-64-77(108-89-46-30-28-44-79(89)97-81-52-48-73(57-96(81)113-102(97)108)67-34-18-11-19-35-67)50-53-87(91)107-88-54-51-78(109-90-47-31-29-45-80(90)98-86-56-72(66-32-16-10-17-33-66)49-55-95(86)112-103(98)109)65-92(88)111(94-63-76(106(7,8)9)62-93(110)99(94)107)101-84(70-40-24-14-25-41-70)60-75(105(4,5)6)61-85(101)71-42-26-15-27-43-71/h10-65H,1-9H3/i10D,16D,17D,28D,29D,30D,31D,32D,33D,44D,45D,46D,47D,48D,49D,50D,51D,52D,53D,54D,55D,56D,57D,64D,65D. The summed E-state index contributed by atoms with van der Waals surface area (Å²) in [4.78, 5) is 3.92.